The molecule has 2 aliphatic rings. The smallest absolute Gasteiger partial charge is 0.0413 e. The number of nitrogens with zero attached hydrogens (tertiary/aromatic N) is 2. The molecule has 0 N–H and O–H groups in total. The summed E-state index contributed by atoms with van der Waals surface area (Å²) in [6.45, 7) is 0. The Labute approximate surface area is 162 Å². The van der Waals surface area contributed by atoms with Crippen molar-refractivity contribution in [1.29, 1.82) is 0 Å². The van der Waals surface area contributed by atoms with E-state index < -0.39 is 0 Å². The molecule has 0 saturated heterocycles. The molecule has 24 heavy (non-hydrogen) atoms. The van der Waals surface area contributed by atoms with Gasteiger partial charge < -0.3 is 9.98 Å². The molecule has 2 saturated carbocycles. The minimum Gasteiger partial charge on any atom is -0.328 e. The molecule has 2 fully saturated rings. The zero-order valence-corrected chi connectivity index (χ0v) is 17.2. The van der Waals surface area contributed by atoms with Gasteiger partial charge in [0, 0.05) is 12.1 Å². The summed E-state index contributed by atoms with van der Waals surface area (Å²) in [6.07, 6.45) is 17.1. The first-order chi connectivity index (χ1) is 11.9. The standard InChI is InChI=1S/C20H27N2.ClH.Pt/c1-3-10-19(11-4-1)21-15-17-8-7-9-18(14-17)16-22-20-12-5-2-6-13-20;;/h7-9,15-16,19-20H,1-6,10-13H2;1H;/q-1;;+2/p-1. The zero-order chi connectivity index (χ0) is 17.0. The van der Waals surface area contributed by atoms with Crippen LogP contribution in [0.15, 0.2) is 28.2 Å². The number of benzene rings is 1. The summed E-state index contributed by atoms with van der Waals surface area (Å²) < 4.78 is 0. The Balaban J connectivity index is 0.00000100. The molecule has 0 heterocycles. The molecule has 0 bridgehead atoms. The van der Waals surface area contributed by atoms with Gasteiger partial charge in [0.1, 0.15) is 0 Å². The molecule has 0 radical (unpaired) electrons. The van der Waals surface area contributed by atoms with Crippen molar-refractivity contribution in [2.45, 2.75) is 76.3 Å². The van der Waals surface area contributed by atoms with Crippen LogP contribution >= 0.6 is 9.42 Å². The molecular formula is C20H27ClN2Pt. The van der Waals surface area contributed by atoms with E-state index >= 15 is 0 Å². The first-order valence-corrected chi connectivity index (χ1v) is 11.9. The predicted molar refractivity (Wildman–Crippen MR) is 100 cm³/mol. The van der Waals surface area contributed by atoms with E-state index in [0.29, 0.717) is 12.1 Å². The molecular weight excluding hydrogens is 499 g/mol. The molecule has 0 unspecified atom stereocenters. The van der Waals surface area contributed by atoms with Gasteiger partial charge in [-0.1, -0.05) is 38.5 Å². The fourth-order valence-corrected chi connectivity index (χ4v) is 3.49. The van der Waals surface area contributed by atoms with Crippen molar-refractivity contribution in [3.8, 4) is 0 Å². The summed E-state index contributed by atoms with van der Waals surface area (Å²) >= 11 is 1.61. The van der Waals surface area contributed by atoms with E-state index in [1.54, 1.807) is 18.8 Å². The zero-order valence-electron chi connectivity index (χ0n) is 14.2. The van der Waals surface area contributed by atoms with Crippen molar-refractivity contribution in [3.05, 3.63) is 35.4 Å². The maximum atomic E-state index is 4.74. The van der Waals surface area contributed by atoms with E-state index in [4.69, 9.17) is 9.98 Å². The second kappa shape index (κ2) is 12.0. The van der Waals surface area contributed by atoms with Gasteiger partial charge in [-0.15, -0.1) is 35.4 Å². The Morgan fingerprint density at radius 2 is 1.21 bits per heavy atom. The number of rotatable bonds is 4. The first-order valence-electron chi connectivity index (χ1n) is 9.11. The fraction of sp³-hybridized carbons (Fsp3) is 0.600. The SMILES string of the molecule is [Cl][Pt+].[c-]1c(C=NC2CCCCC2)cccc1C=NC1CCCCC1. The van der Waals surface area contributed by atoms with Crippen LogP contribution in [0.5, 0.6) is 0 Å². The summed E-state index contributed by atoms with van der Waals surface area (Å²) in [5, 5.41) is 0. The molecule has 0 aromatic heterocycles. The van der Waals surface area contributed by atoms with Crippen LogP contribution in [0.1, 0.15) is 75.3 Å². The topological polar surface area (TPSA) is 24.7 Å². The summed E-state index contributed by atoms with van der Waals surface area (Å²) in [6, 6.07) is 10.7. The van der Waals surface area contributed by atoms with Gasteiger partial charge in [-0.25, -0.2) is 0 Å². The second-order valence-electron chi connectivity index (χ2n) is 6.70. The minimum atomic E-state index is 0.529. The number of halogens is 1. The van der Waals surface area contributed by atoms with Crippen LogP contribution in [-0.4, -0.2) is 24.5 Å². The molecule has 1 aromatic rings. The Bertz CT molecular complexity index is 475. The van der Waals surface area contributed by atoms with E-state index in [-0.39, 0.29) is 0 Å². The fourth-order valence-electron chi connectivity index (χ4n) is 3.49. The van der Waals surface area contributed by atoms with Crippen LogP contribution in [0, 0.1) is 6.07 Å². The van der Waals surface area contributed by atoms with Gasteiger partial charge in [0.25, 0.3) is 0 Å². The average molecular weight is 526 g/mol. The summed E-state index contributed by atoms with van der Waals surface area (Å²) in [5.74, 6) is 0. The van der Waals surface area contributed by atoms with E-state index in [1.807, 2.05) is 12.4 Å². The number of aliphatic imine (C=N–C) groups is 2. The molecule has 0 aliphatic heterocycles. The molecule has 3 rings (SSSR count). The van der Waals surface area contributed by atoms with Crippen LogP contribution in [0.4, 0.5) is 0 Å². The second-order valence-corrected chi connectivity index (χ2v) is 6.70. The molecule has 0 amide bonds. The van der Waals surface area contributed by atoms with E-state index in [9.17, 15) is 0 Å². The molecule has 1 aromatic carbocycles. The van der Waals surface area contributed by atoms with Gasteiger partial charge in [0.05, 0.1) is 0 Å². The van der Waals surface area contributed by atoms with Gasteiger partial charge >= 0.3 is 28.2 Å². The van der Waals surface area contributed by atoms with Crippen LogP contribution in [0.2, 0.25) is 0 Å². The van der Waals surface area contributed by atoms with Gasteiger partial charge in [-0.05, 0) is 38.1 Å². The molecule has 134 valence electrons. The summed E-state index contributed by atoms with van der Waals surface area (Å²) in [7, 11) is 4.61. The quantitative estimate of drug-likeness (QED) is 0.357. The molecule has 2 aliphatic carbocycles. The summed E-state index contributed by atoms with van der Waals surface area (Å²) in [4.78, 5) is 9.49. The largest absolute Gasteiger partial charge is 0.328 e. The van der Waals surface area contributed by atoms with Gasteiger partial charge in [-0.3, -0.25) is 0 Å². The van der Waals surface area contributed by atoms with Crippen LogP contribution in [-0.2, 0) is 18.8 Å². The number of hydrogen-bond donors (Lipinski definition) is 0. The number of hydrogen-bond acceptors (Lipinski definition) is 2. The van der Waals surface area contributed by atoms with E-state index in [2.05, 4.69) is 33.7 Å². The molecule has 2 nitrogen and oxygen atoms in total. The normalized spacial score (nSPS) is 20.3. The minimum absolute atomic E-state index is 0.529. The van der Waals surface area contributed by atoms with Crippen molar-refractivity contribution >= 4 is 21.8 Å². The molecule has 4 heteroatoms. The van der Waals surface area contributed by atoms with Crippen LogP contribution < -0.4 is 0 Å². The van der Waals surface area contributed by atoms with Crippen molar-refractivity contribution in [2.24, 2.45) is 9.98 Å². The van der Waals surface area contributed by atoms with Crippen molar-refractivity contribution in [1.82, 2.24) is 0 Å². The van der Waals surface area contributed by atoms with Crippen molar-refractivity contribution in [3.63, 3.8) is 0 Å². The van der Waals surface area contributed by atoms with Crippen LogP contribution in [0.3, 0.4) is 0 Å². The van der Waals surface area contributed by atoms with Crippen molar-refractivity contribution < 1.29 is 18.8 Å². The average Bonchev–Trinajstić information content (AvgIpc) is 2.68. The Kier molecular flexibility index (Phi) is 9.91. The maximum Gasteiger partial charge on any atom is 0.0413 e. The monoisotopic (exact) mass is 525 g/mol. The first kappa shape index (κ1) is 19.9. The molecule has 0 spiro atoms. The van der Waals surface area contributed by atoms with E-state index in [1.165, 1.54) is 64.2 Å². The van der Waals surface area contributed by atoms with Gasteiger partial charge in [0.15, 0.2) is 0 Å². The van der Waals surface area contributed by atoms with E-state index in [0.717, 1.165) is 11.1 Å². The Morgan fingerprint density at radius 3 is 1.62 bits per heavy atom. The van der Waals surface area contributed by atoms with Crippen molar-refractivity contribution in [2.75, 3.05) is 0 Å². The van der Waals surface area contributed by atoms with Crippen LogP contribution in [0.25, 0.3) is 0 Å². The third kappa shape index (κ3) is 7.19. The third-order valence-corrected chi connectivity index (χ3v) is 4.84. The molecule has 0 atom stereocenters. The Morgan fingerprint density at radius 1 is 0.792 bits per heavy atom. The van der Waals surface area contributed by atoms with Gasteiger partial charge in [0.2, 0.25) is 0 Å². The Hall–Kier alpha value is -0.462. The maximum absolute atomic E-state index is 4.74. The van der Waals surface area contributed by atoms with Gasteiger partial charge in [-0.2, -0.15) is 0 Å². The third-order valence-electron chi connectivity index (χ3n) is 4.84. The summed E-state index contributed by atoms with van der Waals surface area (Å²) in [5.41, 5.74) is 2.16. The predicted octanol–water partition coefficient (Wildman–Crippen LogP) is 5.68.